The van der Waals surface area contributed by atoms with Gasteiger partial charge in [0.1, 0.15) is 0 Å². The highest BCUT2D eigenvalue weighted by molar-refractivity contribution is 7.10. The Labute approximate surface area is 132 Å². The van der Waals surface area contributed by atoms with Crippen molar-refractivity contribution in [1.29, 1.82) is 0 Å². The molecule has 0 radical (unpaired) electrons. The predicted molar refractivity (Wildman–Crippen MR) is 92.0 cm³/mol. The molecule has 0 spiro atoms. The molecule has 0 fully saturated rings. The van der Waals surface area contributed by atoms with Gasteiger partial charge in [0.25, 0.3) is 0 Å². The number of aromatic amines is 1. The van der Waals surface area contributed by atoms with Gasteiger partial charge in [-0.15, -0.1) is 11.3 Å². The van der Waals surface area contributed by atoms with E-state index in [-0.39, 0.29) is 5.91 Å². The van der Waals surface area contributed by atoms with Gasteiger partial charge in [-0.1, -0.05) is 30.3 Å². The standard InChI is InChI=1S/C17H15N3OS/c21-17(11-14-6-4-10-22-14)20-19-9-3-5-13-12-18-16-8-2-1-7-15(13)16/h1-10,12,18H,11H2,(H,20,21)/b5-3+,19-9-. The number of rotatable bonds is 5. The van der Waals surface area contributed by atoms with Gasteiger partial charge in [0.2, 0.25) is 5.91 Å². The average molecular weight is 309 g/mol. The molecule has 5 heteroatoms. The fourth-order valence-electron chi connectivity index (χ4n) is 2.14. The van der Waals surface area contributed by atoms with Gasteiger partial charge in [0, 0.05) is 28.2 Å². The molecule has 2 heterocycles. The highest BCUT2D eigenvalue weighted by atomic mass is 32.1. The summed E-state index contributed by atoms with van der Waals surface area (Å²) < 4.78 is 0. The highest BCUT2D eigenvalue weighted by Crippen LogP contribution is 2.18. The number of carbonyl (C=O) groups is 1. The molecule has 0 bridgehead atoms. The number of para-hydroxylation sites is 1. The second kappa shape index (κ2) is 6.87. The minimum atomic E-state index is -0.112. The number of carbonyl (C=O) groups excluding carboxylic acids is 1. The van der Waals surface area contributed by atoms with Crippen molar-refractivity contribution in [2.45, 2.75) is 6.42 Å². The third-order valence-corrected chi connectivity index (χ3v) is 4.04. The number of hydrogen-bond donors (Lipinski definition) is 2. The topological polar surface area (TPSA) is 57.2 Å². The molecule has 1 aromatic carbocycles. The molecule has 2 N–H and O–H groups in total. The van der Waals surface area contributed by atoms with Gasteiger partial charge in [-0.2, -0.15) is 5.10 Å². The number of H-pyrrole nitrogens is 1. The number of fused-ring (bicyclic) bond motifs is 1. The van der Waals surface area contributed by atoms with Gasteiger partial charge in [-0.3, -0.25) is 4.79 Å². The van der Waals surface area contributed by atoms with E-state index in [9.17, 15) is 4.79 Å². The van der Waals surface area contributed by atoms with Crippen molar-refractivity contribution in [3.63, 3.8) is 0 Å². The quantitative estimate of drug-likeness (QED) is 0.549. The van der Waals surface area contributed by atoms with Gasteiger partial charge >= 0.3 is 0 Å². The fourth-order valence-corrected chi connectivity index (χ4v) is 2.85. The lowest BCUT2D eigenvalue weighted by molar-refractivity contribution is -0.120. The zero-order valence-corrected chi connectivity index (χ0v) is 12.6. The second-order valence-corrected chi connectivity index (χ2v) is 5.75. The zero-order chi connectivity index (χ0) is 15.2. The molecule has 4 nitrogen and oxygen atoms in total. The molecule has 22 heavy (non-hydrogen) atoms. The molecule has 1 amide bonds. The maximum absolute atomic E-state index is 11.6. The molecule has 110 valence electrons. The summed E-state index contributed by atoms with van der Waals surface area (Å²) in [6.07, 6.45) is 7.65. The lowest BCUT2D eigenvalue weighted by atomic mass is 10.2. The maximum atomic E-state index is 11.6. The maximum Gasteiger partial charge on any atom is 0.245 e. The monoisotopic (exact) mass is 309 g/mol. The minimum absolute atomic E-state index is 0.112. The molecule has 3 aromatic rings. The number of nitrogens with zero attached hydrogens (tertiary/aromatic N) is 1. The van der Waals surface area contributed by atoms with Crippen LogP contribution in [-0.4, -0.2) is 17.1 Å². The number of allylic oxidation sites excluding steroid dienone is 1. The number of nitrogens with one attached hydrogen (secondary N) is 2. The molecule has 0 aliphatic carbocycles. The Hall–Kier alpha value is -2.66. The Kier molecular flexibility index (Phi) is 4.46. The largest absolute Gasteiger partial charge is 0.361 e. The Morgan fingerprint density at radius 2 is 2.18 bits per heavy atom. The molecular formula is C17H15N3OS. The van der Waals surface area contributed by atoms with Crippen LogP contribution >= 0.6 is 11.3 Å². The molecule has 0 aliphatic rings. The van der Waals surface area contributed by atoms with E-state index < -0.39 is 0 Å². The van der Waals surface area contributed by atoms with E-state index in [0.717, 1.165) is 21.3 Å². The van der Waals surface area contributed by atoms with Crippen molar-refractivity contribution in [1.82, 2.24) is 10.4 Å². The van der Waals surface area contributed by atoms with Crippen LogP contribution in [0.2, 0.25) is 0 Å². The van der Waals surface area contributed by atoms with Crippen LogP contribution < -0.4 is 5.43 Å². The Bertz CT molecular complexity index is 815. The summed E-state index contributed by atoms with van der Waals surface area (Å²) in [6, 6.07) is 12.0. The lowest BCUT2D eigenvalue weighted by Crippen LogP contribution is -2.18. The summed E-state index contributed by atoms with van der Waals surface area (Å²) in [7, 11) is 0. The summed E-state index contributed by atoms with van der Waals surface area (Å²) in [5.74, 6) is -0.112. The molecule has 2 aromatic heterocycles. The third kappa shape index (κ3) is 3.51. The second-order valence-electron chi connectivity index (χ2n) is 4.72. The van der Waals surface area contributed by atoms with Gasteiger partial charge in [0.05, 0.1) is 6.42 Å². The summed E-state index contributed by atoms with van der Waals surface area (Å²) in [4.78, 5) is 15.9. The van der Waals surface area contributed by atoms with Crippen molar-refractivity contribution in [2.75, 3.05) is 0 Å². The third-order valence-electron chi connectivity index (χ3n) is 3.16. The number of hydrazone groups is 1. The van der Waals surface area contributed by atoms with Gasteiger partial charge in [-0.25, -0.2) is 5.43 Å². The van der Waals surface area contributed by atoms with E-state index in [1.807, 2.05) is 48.0 Å². The van der Waals surface area contributed by atoms with Crippen LogP contribution in [0.25, 0.3) is 17.0 Å². The van der Waals surface area contributed by atoms with Crippen molar-refractivity contribution < 1.29 is 4.79 Å². The van der Waals surface area contributed by atoms with E-state index in [1.165, 1.54) is 0 Å². The van der Waals surface area contributed by atoms with Crippen LogP contribution in [0.5, 0.6) is 0 Å². The molecule has 0 saturated heterocycles. The first-order chi connectivity index (χ1) is 10.8. The van der Waals surface area contributed by atoms with Gasteiger partial charge < -0.3 is 4.98 Å². The lowest BCUT2D eigenvalue weighted by Gasteiger charge is -1.95. The Morgan fingerprint density at radius 3 is 3.05 bits per heavy atom. The SMILES string of the molecule is O=C(Cc1cccs1)N/N=C\C=C\c1c[nH]c2ccccc12. The number of benzene rings is 1. The van der Waals surface area contributed by atoms with E-state index in [0.29, 0.717) is 6.42 Å². The molecule has 0 saturated carbocycles. The van der Waals surface area contributed by atoms with Crippen molar-refractivity contribution in [2.24, 2.45) is 5.10 Å². The normalized spacial score (nSPS) is 11.6. The highest BCUT2D eigenvalue weighted by Gasteiger charge is 2.01. The summed E-state index contributed by atoms with van der Waals surface area (Å²) in [5, 5.41) is 7.03. The van der Waals surface area contributed by atoms with E-state index in [1.54, 1.807) is 23.6 Å². The Balaban J connectivity index is 1.54. The van der Waals surface area contributed by atoms with Crippen molar-refractivity contribution >= 4 is 40.4 Å². The van der Waals surface area contributed by atoms with Crippen LogP contribution in [0.3, 0.4) is 0 Å². The van der Waals surface area contributed by atoms with Crippen LogP contribution in [0.15, 0.2) is 59.2 Å². The molecule has 0 aliphatic heterocycles. The first kappa shape index (κ1) is 14.3. The smallest absolute Gasteiger partial charge is 0.245 e. The van der Waals surface area contributed by atoms with Crippen LogP contribution in [0, 0.1) is 0 Å². The van der Waals surface area contributed by atoms with E-state index in [2.05, 4.69) is 21.6 Å². The van der Waals surface area contributed by atoms with Crippen molar-refractivity contribution in [3.8, 4) is 0 Å². The minimum Gasteiger partial charge on any atom is -0.361 e. The predicted octanol–water partition coefficient (Wildman–Crippen LogP) is 3.59. The molecular weight excluding hydrogens is 294 g/mol. The first-order valence-corrected chi connectivity index (χ1v) is 7.78. The Morgan fingerprint density at radius 1 is 1.27 bits per heavy atom. The molecule has 3 rings (SSSR count). The molecule has 0 atom stereocenters. The zero-order valence-electron chi connectivity index (χ0n) is 11.8. The number of aromatic nitrogens is 1. The summed E-state index contributed by atoms with van der Waals surface area (Å²) in [5.41, 5.74) is 4.71. The van der Waals surface area contributed by atoms with Crippen LogP contribution in [-0.2, 0) is 11.2 Å². The summed E-state index contributed by atoms with van der Waals surface area (Å²) >= 11 is 1.56. The number of thiophene rings is 1. The van der Waals surface area contributed by atoms with Crippen molar-refractivity contribution in [3.05, 3.63) is 64.5 Å². The fraction of sp³-hybridized carbons (Fsp3) is 0.0588. The van der Waals surface area contributed by atoms with Gasteiger partial charge in [0.15, 0.2) is 0 Å². The summed E-state index contributed by atoms with van der Waals surface area (Å²) in [6.45, 7) is 0. The first-order valence-electron chi connectivity index (χ1n) is 6.90. The molecule has 0 unspecified atom stereocenters. The number of hydrogen-bond acceptors (Lipinski definition) is 3. The average Bonchev–Trinajstić information content (AvgIpc) is 3.17. The number of amides is 1. The van der Waals surface area contributed by atoms with Crippen LogP contribution in [0.4, 0.5) is 0 Å². The van der Waals surface area contributed by atoms with E-state index >= 15 is 0 Å². The van der Waals surface area contributed by atoms with E-state index in [4.69, 9.17) is 0 Å². The van der Waals surface area contributed by atoms with Gasteiger partial charge in [-0.05, 0) is 29.2 Å². The van der Waals surface area contributed by atoms with Crippen LogP contribution in [0.1, 0.15) is 10.4 Å².